The molecule has 0 unspecified atom stereocenters. The van der Waals surface area contributed by atoms with Crippen LogP contribution in [0.1, 0.15) is 40.8 Å². The van der Waals surface area contributed by atoms with E-state index in [-0.39, 0.29) is 5.91 Å². The van der Waals surface area contributed by atoms with Gasteiger partial charge < -0.3 is 11.1 Å². The Morgan fingerprint density at radius 2 is 2.26 bits per heavy atom. The second-order valence-electron chi connectivity index (χ2n) is 4.51. The Balaban J connectivity index is 1.96. The number of anilines is 1. The van der Waals surface area contributed by atoms with Gasteiger partial charge >= 0.3 is 0 Å². The van der Waals surface area contributed by atoms with Gasteiger partial charge in [0.05, 0.1) is 23.5 Å². The van der Waals surface area contributed by atoms with Gasteiger partial charge in [-0.3, -0.25) is 9.78 Å². The molecule has 2 aromatic rings. The molecule has 0 aromatic carbocycles. The second kappa shape index (κ2) is 5.79. The van der Waals surface area contributed by atoms with E-state index in [1.165, 1.54) is 12.4 Å². The standard InChI is InChI=1S/C13H16N4OS/c1-8(2)11-7-19-12(17-11)6-16-13(18)9-3-10(14)5-15-4-9/h3-5,7-8H,6,14H2,1-2H3,(H,16,18). The van der Waals surface area contributed by atoms with Crippen LogP contribution in [0.5, 0.6) is 0 Å². The van der Waals surface area contributed by atoms with E-state index in [2.05, 4.69) is 29.1 Å². The van der Waals surface area contributed by atoms with Crippen molar-refractivity contribution in [2.75, 3.05) is 5.73 Å². The number of hydrogen-bond acceptors (Lipinski definition) is 5. The molecule has 0 aliphatic carbocycles. The molecule has 3 N–H and O–H groups in total. The van der Waals surface area contributed by atoms with Gasteiger partial charge in [-0.1, -0.05) is 13.8 Å². The van der Waals surface area contributed by atoms with E-state index in [9.17, 15) is 4.79 Å². The van der Waals surface area contributed by atoms with E-state index in [0.717, 1.165) is 10.7 Å². The van der Waals surface area contributed by atoms with Crippen LogP contribution in [-0.4, -0.2) is 15.9 Å². The Labute approximate surface area is 115 Å². The normalized spacial score (nSPS) is 10.7. The minimum absolute atomic E-state index is 0.193. The summed E-state index contributed by atoms with van der Waals surface area (Å²) in [5.41, 5.74) is 7.58. The van der Waals surface area contributed by atoms with E-state index in [1.54, 1.807) is 17.4 Å². The number of nitrogen functional groups attached to an aromatic ring is 1. The van der Waals surface area contributed by atoms with Crippen LogP contribution in [0.15, 0.2) is 23.8 Å². The molecule has 0 spiro atoms. The average molecular weight is 276 g/mol. The first-order valence-electron chi connectivity index (χ1n) is 5.99. The molecule has 2 rings (SSSR count). The van der Waals surface area contributed by atoms with Gasteiger partial charge in [-0.25, -0.2) is 4.98 Å². The van der Waals surface area contributed by atoms with Gasteiger partial charge in [0.1, 0.15) is 5.01 Å². The summed E-state index contributed by atoms with van der Waals surface area (Å²) in [6, 6.07) is 1.60. The van der Waals surface area contributed by atoms with Crippen LogP contribution in [0, 0.1) is 0 Å². The van der Waals surface area contributed by atoms with Crippen molar-refractivity contribution in [1.29, 1.82) is 0 Å². The number of nitrogens with one attached hydrogen (secondary N) is 1. The van der Waals surface area contributed by atoms with Crippen molar-refractivity contribution >= 4 is 22.9 Å². The van der Waals surface area contributed by atoms with Gasteiger partial charge in [0.25, 0.3) is 5.91 Å². The number of carbonyl (C=O) groups excluding carboxylic acids is 1. The third-order valence-electron chi connectivity index (χ3n) is 2.58. The van der Waals surface area contributed by atoms with Crippen molar-refractivity contribution in [3.05, 3.63) is 40.1 Å². The van der Waals surface area contributed by atoms with Gasteiger partial charge in [-0.2, -0.15) is 0 Å². The van der Waals surface area contributed by atoms with E-state index in [4.69, 9.17) is 5.73 Å². The predicted molar refractivity (Wildman–Crippen MR) is 76.0 cm³/mol. The minimum atomic E-state index is -0.193. The van der Waals surface area contributed by atoms with Crippen LogP contribution in [0.4, 0.5) is 5.69 Å². The molecular weight excluding hydrogens is 260 g/mol. The summed E-state index contributed by atoms with van der Waals surface area (Å²) in [7, 11) is 0. The fourth-order valence-corrected chi connectivity index (χ4v) is 2.41. The van der Waals surface area contributed by atoms with Crippen LogP contribution in [0.2, 0.25) is 0 Å². The number of hydrogen-bond donors (Lipinski definition) is 2. The first-order chi connectivity index (χ1) is 9.06. The zero-order valence-corrected chi connectivity index (χ0v) is 11.7. The molecule has 0 radical (unpaired) electrons. The Bertz CT molecular complexity index is 580. The maximum Gasteiger partial charge on any atom is 0.253 e. The Kier molecular flexibility index (Phi) is 4.11. The quantitative estimate of drug-likeness (QED) is 0.896. The lowest BCUT2D eigenvalue weighted by Gasteiger charge is -2.03. The fraction of sp³-hybridized carbons (Fsp3) is 0.308. The SMILES string of the molecule is CC(C)c1csc(CNC(=O)c2cncc(N)c2)n1. The summed E-state index contributed by atoms with van der Waals surface area (Å²) in [6.45, 7) is 4.61. The lowest BCUT2D eigenvalue weighted by molar-refractivity contribution is 0.0950. The molecule has 0 saturated carbocycles. The summed E-state index contributed by atoms with van der Waals surface area (Å²) in [6.07, 6.45) is 3.00. The molecule has 5 nitrogen and oxygen atoms in total. The topological polar surface area (TPSA) is 80.9 Å². The zero-order valence-electron chi connectivity index (χ0n) is 10.9. The molecule has 2 aromatic heterocycles. The molecule has 0 aliphatic heterocycles. The van der Waals surface area contributed by atoms with Gasteiger partial charge in [-0.15, -0.1) is 11.3 Å². The number of aromatic nitrogens is 2. The van der Waals surface area contributed by atoms with Crippen molar-refractivity contribution in [2.24, 2.45) is 0 Å². The summed E-state index contributed by atoms with van der Waals surface area (Å²) >= 11 is 1.55. The van der Waals surface area contributed by atoms with Crippen LogP contribution in [-0.2, 0) is 6.54 Å². The van der Waals surface area contributed by atoms with Crippen LogP contribution in [0.3, 0.4) is 0 Å². The molecule has 2 heterocycles. The molecule has 19 heavy (non-hydrogen) atoms. The second-order valence-corrected chi connectivity index (χ2v) is 5.45. The van der Waals surface area contributed by atoms with Crippen molar-refractivity contribution in [1.82, 2.24) is 15.3 Å². The third-order valence-corrected chi connectivity index (χ3v) is 3.45. The molecule has 0 saturated heterocycles. The summed E-state index contributed by atoms with van der Waals surface area (Å²) < 4.78 is 0. The highest BCUT2D eigenvalue weighted by Crippen LogP contribution is 2.17. The number of nitrogens with two attached hydrogens (primary N) is 1. The monoisotopic (exact) mass is 276 g/mol. The van der Waals surface area contributed by atoms with Gasteiger partial charge in [0.2, 0.25) is 0 Å². The minimum Gasteiger partial charge on any atom is -0.397 e. The smallest absolute Gasteiger partial charge is 0.253 e. The first kappa shape index (κ1) is 13.5. The van der Waals surface area contributed by atoms with Gasteiger partial charge in [0.15, 0.2) is 0 Å². The molecule has 0 fully saturated rings. The van der Waals surface area contributed by atoms with Gasteiger partial charge in [0, 0.05) is 17.8 Å². The van der Waals surface area contributed by atoms with Crippen molar-refractivity contribution in [3.8, 4) is 0 Å². The number of amides is 1. The highest BCUT2D eigenvalue weighted by molar-refractivity contribution is 7.09. The highest BCUT2D eigenvalue weighted by atomic mass is 32.1. The molecular formula is C13H16N4OS. The molecule has 100 valence electrons. The van der Waals surface area contributed by atoms with Crippen molar-refractivity contribution in [3.63, 3.8) is 0 Å². The average Bonchev–Trinajstić information content (AvgIpc) is 2.85. The summed E-state index contributed by atoms with van der Waals surface area (Å²) in [5, 5.41) is 5.73. The number of rotatable bonds is 4. The van der Waals surface area contributed by atoms with Crippen molar-refractivity contribution < 1.29 is 4.79 Å². The van der Waals surface area contributed by atoms with E-state index in [0.29, 0.717) is 23.7 Å². The van der Waals surface area contributed by atoms with E-state index in [1.807, 2.05) is 5.38 Å². The predicted octanol–water partition coefficient (Wildman–Crippen LogP) is 2.17. The van der Waals surface area contributed by atoms with Crippen LogP contribution < -0.4 is 11.1 Å². The van der Waals surface area contributed by atoms with Crippen LogP contribution >= 0.6 is 11.3 Å². The van der Waals surface area contributed by atoms with E-state index < -0.39 is 0 Å². The lowest BCUT2D eigenvalue weighted by Crippen LogP contribution is -2.23. The Hall–Kier alpha value is -1.95. The van der Waals surface area contributed by atoms with E-state index >= 15 is 0 Å². The third kappa shape index (κ3) is 3.51. The maximum atomic E-state index is 11.9. The first-order valence-corrected chi connectivity index (χ1v) is 6.87. The largest absolute Gasteiger partial charge is 0.397 e. The highest BCUT2D eigenvalue weighted by Gasteiger charge is 2.09. The number of nitrogens with zero attached hydrogens (tertiary/aromatic N) is 2. The Morgan fingerprint density at radius 1 is 1.47 bits per heavy atom. The summed E-state index contributed by atoms with van der Waals surface area (Å²) in [4.78, 5) is 20.2. The molecule has 0 atom stereocenters. The summed E-state index contributed by atoms with van der Waals surface area (Å²) in [5.74, 6) is 0.208. The number of thiazole rings is 1. The Morgan fingerprint density at radius 3 is 2.89 bits per heavy atom. The molecule has 0 bridgehead atoms. The zero-order chi connectivity index (χ0) is 13.8. The number of carbonyl (C=O) groups is 1. The van der Waals surface area contributed by atoms with Crippen LogP contribution in [0.25, 0.3) is 0 Å². The van der Waals surface area contributed by atoms with Crippen molar-refractivity contribution in [2.45, 2.75) is 26.3 Å². The molecule has 0 aliphatic rings. The fourth-order valence-electron chi connectivity index (χ4n) is 1.51. The number of pyridine rings is 1. The maximum absolute atomic E-state index is 11.9. The van der Waals surface area contributed by atoms with Gasteiger partial charge in [-0.05, 0) is 12.0 Å². The molecule has 6 heteroatoms. The lowest BCUT2D eigenvalue weighted by atomic mass is 10.2. The molecule has 1 amide bonds.